The fourth-order valence-corrected chi connectivity index (χ4v) is 4.31. The molecule has 0 spiro atoms. The minimum absolute atomic E-state index is 0.0464. The normalized spacial score (nSPS) is 12.2. The Hall–Kier alpha value is -2.94. The summed E-state index contributed by atoms with van der Waals surface area (Å²) in [4.78, 5) is 12.4. The Kier molecular flexibility index (Phi) is 8.43. The van der Waals surface area contributed by atoms with Gasteiger partial charge in [-0.3, -0.25) is 9.52 Å². The zero-order chi connectivity index (χ0) is 23.8. The van der Waals surface area contributed by atoms with Crippen molar-refractivity contribution in [3.05, 3.63) is 94.8 Å². The molecule has 3 aromatic carbocycles. The number of sulfonamides is 1. The molecule has 0 aliphatic heterocycles. The van der Waals surface area contributed by atoms with Crippen molar-refractivity contribution in [2.24, 2.45) is 0 Å². The van der Waals surface area contributed by atoms with Gasteiger partial charge in [0.25, 0.3) is 15.9 Å². The largest absolute Gasteiger partial charge is 0.374 e. The second-order valence-corrected chi connectivity index (χ2v) is 9.38. The second kappa shape index (κ2) is 11.3. The van der Waals surface area contributed by atoms with Gasteiger partial charge in [-0.25, -0.2) is 12.8 Å². The highest BCUT2D eigenvalue weighted by atomic mass is 35.5. The zero-order valence-corrected chi connectivity index (χ0v) is 19.5. The molecular formula is C24H24ClFN2O4S. The minimum atomic E-state index is -4.00. The third-order valence-electron chi connectivity index (χ3n) is 4.84. The first-order valence-electron chi connectivity index (χ1n) is 10.3. The first-order valence-corrected chi connectivity index (χ1v) is 12.1. The Morgan fingerprint density at radius 3 is 2.45 bits per heavy atom. The van der Waals surface area contributed by atoms with Gasteiger partial charge in [0.05, 0.1) is 21.7 Å². The van der Waals surface area contributed by atoms with E-state index in [4.69, 9.17) is 16.3 Å². The van der Waals surface area contributed by atoms with E-state index in [0.717, 1.165) is 29.8 Å². The fourth-order valence-electron chi connectivity index (χ4n) is 3.02. The smallest absolute Gasteiger partial charge is 0.261 e. The number of amides is 1. The molecule has 0 saturated heterocycles. The van der Waals surface area contributed by atoms with Gasteiger partial charge in [-0.2, -0.15) is 0 Å². The maximum absolute atomic E-state index is 13.1. The van der Waals surface area contributed by atoms with Crippen LogP contribution >= 0.6 is 11.6 Å². The average Bonchev–Trinajstić information content (AvgIpc) is 2.80. The van der Waals surface area contributed by atoms with Crippen LogP contribution in [-0.4, -0.2) is 27.5 Å². The van der Waals surface area contributed by atoms with Crippen LogP contribution in [0.15, 0.2) is 77.7 Å². The van der Waals surface area contributed by atoms with Crippen molar-refractivity contribution in [3.63, 3.8) is 0 Å². The third-order valence-corrected chi connectivity index (χ3v) is 6.55. The highest BCUT2D eigenvalue weighted by Gasteiger charge is 2.17. The lowest BCUT2D eigenvalue weighted by atomic mass is 10.1. The van der Waals surface area contributed by atoms with E-state index in [0.29, 0.717) is 19.6 Å². The Balaban J connectivity index is 1.54. The molecule has 3 aromatic rings. The number of anilines is 1. The Morgan fingerprint density at radius 1 is 1.06 bits per heavy atom. The number of rotatable bonds is 10. The molecule has 0 bridgehead atoms. The highest BCUT2D eigenvalue weighted by Crippen LogP contribution is 2.26. The summed E-state index contributed by atoms with van der Waals surface area (Å²) in [6.45, 7) is 2.83. The van der Waals surface area contributed by atoms with Crippen LogP contribution in [0.2, 0.25) is 5.02 Å². The van der Waals surface area contributed by atoms with Crippen molar-refractivity contribution in [3.8, 4) is 0 Å². The highest BCUT2D eigenvalue weighted by molar-refractivity contribution is 7.92. The molecule has 33 heavy (non-hydrogen) atoms. The minimum Gasteiger partial charge on any atom is -0.374 e. The second-order valence-electron chi connectivity index (χ2n) is 7.29. The van der Waals surface area contributed by atoms with E-state index in [-0.39, 0.29) is 33.2 Å². The van der Waals surface area contributed by atoms with Gasteiger partial charge in [0, 0.05) is 18.7 Å². The molecule has 0 heterocycles. The molecule has 0 radical (unpaired) electrons. The molecule has 0 fully saturated rings. The molecule has 6 nitrogen and oxygen atoms in total. The van der Waals surface area contributed by atoms with Gasteiger partial charge in [0.2, 0.25) is 0 Å². The van der Waals surface area contributed by atoms with Crippen LogP contribution < -0.4 is 10.0 Å². The predicted molar refractivity (Wildman–Crippen MR) is 126 cm³/mol. The van der Waals surface area contributed by atoms with E-state index in [1.165, 1.54) is 18.2 Å². The number of halogens is 2. The monoisotopic (exact) mass is 490 g/mol. The van der Waals surface area contributed by atoms with Crippen molar-refractivity contribution in [2.45, 2.75) is 24.3 Å². The lowest BCUT2D eigenvalue weighted by Crippen LogP contribution is -2.25. The predicted octanol–water partition coefficient (Wildman–Crippen LogP) is 5.18. The van der Waals surface area contributed by atoms with E-state index in [9.17, 15) is 17.6 Å². The molecular weight excluding hydrogens is 467 g/mol. The number of nitrogens with one attached hydrogen (secondary N) is 2. The fraction of sp³-hybridized carbons (Fsp3) is 0.208. The summed E-state index contributed by atoms with van der Waals surface area (Å²) in [6, 6.07) is 18.5. The van der Waals surface area contributed by atoms with Crippen molar-refractivity contribution in [1.82, 2.24) is 5.32 Å². The van der Waals surface area contributed by atoms with Crippen LogP contribution in [0.1, 0.15) is 35.4 Å². The van der Waals surface area contributed by atoms with E-state index in [1.54, 1.807) is 0 Å². The first-order chi connectivity index (χ1) is 15.8. The maximum Gasteiger partial charge on any atom is 0.261 e. The Labute approximate surface area is 197 Å². The van der Waals surface area contributed by atoms with Gasteiger partial charge in [0.15, 0.2) is 0 Å². The maximum atomic E-state index is 13.1. The number of benzene rings is 3. The number of ether oxygens (including phenoxy) is 1. The molecule has 0 aliphatic carbocycles. The summed E-state index contributed by atoms with van der Waals surface area (Å²) < 4.78 is 46.3. The van der Waals surface area contributed by atoms with Crippen LogP contribution in [0.4, 0.5) is 10.1 Å². The van der Waals surface area contributed by atoms with Gasteiger partial charge in [-0.05, 0) is 61.4 Å². The van der Waals surface area contributed by atoms with E-state index >= 15 is 0 Å². The Morgan fingerprint density at radius 2 is 1.76 bits per heavy atom. The molecule has 1 unspecified atom stereocenters. The van der Waals surface area contributed by atoms with E-state index in [1.807, 2.05) is 37.3 Å². The third kappa shape index (κ3) is 7.02. The molecule has 3 rings (SSSR count). The lowest BCUT2D eigenvalue weighted by molar-refractivity contribution is 0.0635. The van der Waals surface area contributed by atoms with Gasteiger partial charge < -0.3 is 10.1 Å². The first kappa shape index (κ1) is 24.7. The van der Waals surface area contributed by atoms with Crippen LogP contribution in [0, 0.1) is 5.82 Å². The molecule has 174 valence electrons. The molecule has 0 aromatic heterocycles. The number of carbonyl (C=O) groups is 1. The molecule has 2 N–H and O–H groups in total. The van der Waals surface area contributed by atoms with Gasteiger partial charge in [0.1, 0.15) is 5.82 Å². The quantitative estimate of drug-likeness (QED) is 0.384. The summed E-state index contributed by atoms with van der Waals surface area (Å²) in [6.07, 6.45) is 0.565. The summed E-state index contributed by atoms with van der Waals surface area (Å²) in [7, 11) is -4.00. The Bertz CT molecular complexity index is 1190. The molecule has 0 aliphatic rings. The summed E-state index contributed by atoms with van der Waals surface area (Å²) in [5, 5.41) is 2.90. The topological polar surface area (TPSA) is 84.5 Å². The number of carbonyl (C=O) groups excluding carboxylic acids is 1. The lowest BCUT2D eigenvalue weighted by Gasteiger charge is -2.14. The summed E-state index contributed by atoms with van der Waals surface area (Å²) in [5.74, 6) is -0.921. The van der Waals surface area contributed by atoms with E-state index < -0.39 is 15.8 Å². The van der Waals surface area contributed by atoms with Crippen molar-refractivity contribution >= 4 is 33.2 Å². The average molecular weight is 491 g/mol. The van der Waals surface area contributed by atoms with E-state index in [2.05, 4.69) is 10.0 Å². The number of hydrogen-bond donors (Lipinski definition) is 2. The standard InChI is InChI=1S/C24H24ClFN2O4S/c1-17(18-6-3-2-4-7-18)32-15-5-14-27-24(29)19-8-13-22(25)23(16-19)28-33(30,31)21-11-9-20(26)10-12-21/h2-4,6-13,16-17,28H,5,14-15H2,1H3,(H,27,29). The van der Waals surface area contributed by atoms with Crippen LogP contribution in [0.3, 0.4) is 0 Å². The summed E-state index contributed by atoms with van der Waals surface area (Å²) in [5.41, 5.74) is 1.38. The van der Waals surface area contributed by atoms with Crippen LogP contribution in [0.5, 0.6) is 0 Å². The van der Waals surface area contributed by atoms with Gasteiger partial charge >= 0.3 is 0 Å². The molecule has 0 saturated carbocycles. The number of hydrogen-bond acceptors (Lipinski definition) is 4. The van der Waals surface area contributed by atoms with Crippen LogP contribution in [0.25, 0.3) is 0 Å². The van der Waals surface area contributed by atoms with Gasteiger partial charge in [-0.15, -0.1) is 0 Å². The van der Waals surface area contributed by atoms with Crippen molar-refractivity contribution in [1.29, 1.82) is 0 Å². The molecule has 1 amide bonds. The summed E-state index contributed by atoms with van der Waals surface area (Å²) >= 11 is 6.11. The molecule has 1 atom stereocenters. The van der Waals surface area contributed by atoms with Crippen molar-refractivity contribution < 1.29 is 22.3 Å². The zero-order valence-electron chi connectivity index (χ0n) is 17.9. The van der Waals surface area contributed by atoms with Crippen LogP contribution in [-0.2, 0) is 14.8 Å². The SMILES string of the molecule is CC(OCCCNC(=O)c1ccc(Cl)c(NS(=O)(=O)c2ccc(F)cc2)c1)c1ccccc1. The van der Waals surface area contributed by atoms with Crippen molar-refractivity contribution in [2.75, 3.05) is 17.9 Å². The van der Waals surface area contributed by atoms with Gasteiger partial charge in [-0.1, -0.05) is 41.9 Å². The molecule has 9 heteroatoms.